The van der Waals surface area contributed by atoms with Gasteiger partial charge in [-0.15, -0.1) is 11.8 Å². The van der Waals surface area contributed by atoms with Crippen LogP contribution < -0.4 is 5.32 Å². The average molecular weight is 474 g/mol. The third-order valence-electron chi connectivity index (χ3n) is 4.28. The van der Waals surface area contributed by atoms with E-state index in [1.807, 2.05) is 31.2 Å². The maximum Gasteiger partial charge on any atom is 0.242 e. The van der Waals surface area contributed by atoms with Crippen molar-refractivity contribution in [1.29, 1.82) is 0 Å². The van der Waals surface area contributed by atoms with E-state index in [9.17, 15) is 9.59 Å². The van der Waals surface area contributed by atoms with Gasteiger partial charge in [0.1, 0.15) is 6.04 Å². The van der Waals surface area contributed by atoms with Crippen molar-refractivity contribution in [1.82, 2.24) is 10.2 Å². The van der Waals surface area contributed by atoms with Crippen LogP contribution in [0.15, 0.2) is 42.5 Å². The predicted octanol–water partition coefficient (Wildman–Crippen LogP) is 5.43. The number of carbonyl (C=O) groups is 2. The molecule has 0 spiro atoms. The Kier molecular flexibility index (Phi) is 9.63. The summed E-state index contributed by atoms with van der Waals surface area (Å²) >= 11 is 19.6. The third kappa shape index (κ3) is 7.41. The number of hydrogen-bond acceptors (Lipinski definition) is 3. The Labute approximate surface area is 190 Å². The molecule has 1 N–H and O–H groups in total. The van der Waals surface area contributed by atoms with Crippen molar-refractivity contribution in [2.75, 3.05) is 12.3 Å². The number of rotatable bonds is 9. The van der Waals surface area contributed by atoms with E-state index in [1.54, 1.807) is 30.0 Å². The molecule has 0 heterocycles. The van der Waals surface area contributed by atoms with Crippen LogP contribution in [0.4, 0.5) is 0 Å². The van der Waals surface area contributed by atoms with Crippen LogP contribution in [-0.4, -0.2) is 35.1 Å². The second-order valence-electron chi connectivity index (χ2n) is 6.45. The fourth-order valence-electron chi connectivity index (χ4n) is 2.66. The number of halogens is 3. The van der Waals surface area contributed by atoms with E-state index in [1.165, 1.54) is 11.8 Å². The van der Waals surface area contributed by atoms with Crippen molar-refractivity contribution in [3.05, 3.63) is 68.7 Å². The fraction of sp³-hybridized carbons (Fsp3) is 0.333. The maximum atomic E-state index is 13.0. The van der Waals surface area contributed by atoms with Crippen molar-refractivity contribution in [3.8, 4) is 0 Å². The minimum atomic E-state index is -0.620. The molecular weight excluding hydrogens is 451 g/mol. The SMILES string of the molecule is CCNC(=O)C(C)N(Cc1ccc(Cl)cc1Cl)C(=O)CSCc1ccc(Cl)cc1. The molecule has 29 heavy (non-hydrogen) atoms. The highest BCUT2D eigenvalue weighted by molar-refractivity contribution is 7.99. The second-order valence-corrected chi connectivity index (χ2v) is 8.71. The number of nitrogens with zero attached hydrogens (tertiary/aromatic N) is 1. The zero-order valence-electron chi connectivity index (χ0n) is 16.3. The zero-order chi connectivity index (χ0) is 21.4. The van der Waals surface area contributed by atoms with Crippen LogP contribution in [0.5, 0.6) is 0 Å². The predicted molar refractivity (Wildman–Crippen MR) is 123 cm³/mol. The smallest absolute Gasteiger partial charge is 0.242 e. The maximum absolute atomic E-state index is 13.0. The average Bonchev–Trinajstić information content (AvgIpc) is 2.68. The van der Waals surface area contributed by atoms with Crippen molar-refractivity contribution >= 4 is 58.4 Å². The highest BCUT2D eigenvalue weighted by atomic mass is 35.5. The summed E-state index contributed by atoms with van der Waals surface area (Å²) < 4.78 is 0. The largest absolute Gasteiger partial charge is 0.355 e. The van der Waals surface area contributed by atoms with E-state index in [2.05, 4.69) is 5.32 Å². The molecule has 2 amide bonds. The van der Waals surface area contributed by atoms with Gasteiger partial charge in [0.2, 0.25) is 11.8 Å². The molecule has 8 heteroatoms. The number of benzene rings is 2. The van der Waals surface area contributed by atoms with E-state index in [4.69, 9.17) is 34.8 Å². The van der Waals surface area contributed by atoms with Crippen LogP contribution in [0.1, 0.15) is 25.0 Å². The normalized spacial score (nSPS) is 11.8. The fourth-order valence-corrected chi connectivity index (χ4v) is 4.12. The molecule has 0 saturated carbocycles. The van der Waals surface area contributed by atoms with Gasteiger partial charge in [-0.25, -0.2) is 0 Å². The molecule has 0 aliphatic carbocycles. The van der Waals surface area contributed by atoms with Crippen LogP contribution in [0, 0.1) is 0 Å². The van der Waals surface area contributed by atoms with Gasteiger partial charge in [-0.2, -0.15) is 0 Å². The second kappa shape index (κ2) is 11.7. The summed E-state index contributed by atoms with van der Waals surface area (Å²) in [6.45, 7) is 4.29. The molecule has 1 atom stereocenters. The summed E-state index contributed by atoms with van der Waals surface area (Å²) in [4.78, 5) is 26.9. The Morgan fingerprint density at radius 1 is 1.07 bits per heavy atom. The molecule has 0 bridgehead atoms. The Morgan fingerprint density at radius 2 is 1.72 bits per heavy atom. The quantitative estimate of drug-likeness (QED) is 0.528. The molecular formula is C21H23Cl3N2O2S. The van der Waals surface area contributed by atoms with Crippen LogP contribution >= 0.6 is 46.6 Å². The van der Waals surface area contributed by atoms with Gasteiger partial charge < -0.3 is 10.2 Å². The highest BCUT2D eigenvalue weighted by Crippen LogP contribution is 2.24. The molecule has 1 unspecified atom stereocenters. The first-order chi connectivity index (χ1) is 13.8. The van der Waals surface area contributed by atoms with Crippen molar-refractivity contribution < 1.29 is 9.59 Å². The topological polar surface area (TPSA) is 49.4 Å². The first-order valence-electron chi connectivity index (χ1n) is 9.15. The molecule has 2 rings (SSSR count). The van der Waals surface area contributed by atoms with Gasteiger partial charge >= 0.3 is 0 Å². The molecule has 0 radical (unpaired) electrons. The molecule has 0 aromatic heterocycles. The lowest BCUT2D eigenvalue weighted by atomic mass is 10.1. The third-order valence-corrected chi connectivity index (χ3v) is 6.11. The summed E-state index contributed by atoms with van der Waals surface area (Å²) in [5.74, 6) is 0.591. The molecule has 156 valence electrons. The Morgan fingerprint density at radius 3 is 2.34 bits per heavy atom. The summed E-state index contributed by atoms with van der Waals surface area (Å²) in [6, 6.07) is 12.0. The van der Waals surface area contributed by atoms with Gasteiger partial charge in [-0.05, 0) is 49.2 Å². The zero-order valence-corrected chi connectivity index (χ0v) is 19.3. The Hall–Kier alpha value is -1.40. The van der Waals surface area contributed by atoms with E-state index >= 15 is 0 Å². The summed E-state index contributed by atoms with van der Waals surface area (Å²) in [7, 11) is 0. The minimum absolute atomic E-state index is 0.131. The van der Waals surface area contributed by atoms with Crippen molar-refractivity contribution in [3.63, 3.8) is 0 Å². The summed E-state index contributed by atoms with van der Waals surface area (Å²) in [5, 5.41) is 4.43. The highest BCUT2D eigenvalue weighted by Gasteiger charge is 2.26. The van der Waals surface area contributed by atoms with Gasteiger partial charge in [-0.3, -0.25) is 9.59 Å². The first-order valence-corrected chi connectivity index (χ1v) is 11.4. The van der Waals surface area contributed by atoms with Gasteiger partial charge in [0.15, 0.2) is 0 Å². The van der Waals surface area contributed by atoms with E-state index in [0.29, 0.717) is 27.4 Å². The number of carbonyl (C=O) groups excluding carboxylic acids is 2. The lowest BCUT2D eigenvalue weighted by Gasteiger charge is -2.29. The number of amides is 2. The van der Waals surface area contributed by atoms with Crippen LogP contribution in [0.2, 0.25) is 15.1 Å². The van der Waals surface area contributed by atoms with Crippen LogP contribution in [0.3, 0.4) is 0 Å². The standard InChI is InChI=1S/C21H23Cl3N2O2S/c1-3-25-21(28)14(2)26(11-16-6-9-18(23)10-19(16)24)20(27)13-29-12-15-4-7-17(22)8-5-15/h4-10,14H,3,11-13H2,1-2H3,(H,25,28). The van der Waals surface area contributed by atoms with Gasteiger partial charge in [0.25, 0.3) is 0 Å². The van der Waals surface area contributed by atoms with Crippen molar-refractivity contribution in [2.24, 2.45) is 0 Å². The lowest BCUT2D eigenvalue weighted by molar-refractivity contribution is -0.138. The first kappa shape index (κ1) is 23.9. The summed E-state index contributed by atoms with van der Waals surface area (Å²) in [6.07, 6.45) is 0. The van der Waals surface area contributed by atoms with Gasteiger partial charge in [-0.1, -0.05) is 53.0 Å². The number of likely N-dealkylation sites (N-methyl/N-ethyl adjacent to an activating group) is 1. The minimum Gasteiger partial charge on any atom is -0.355 e. The molecule has 4 nitrogen and oxygen atoms in total. The summed E-state index contributed by atoms with van der Waals surface area (Å²) in [5.41, 5.74) is 1.82. The molecule has 0 saturated heterocycles. The molecule has 2 aromatic rings. The number of thioether (sulfide) groups is 1. The van der Waals surface area contributed by atoms with E-state index in [-0.39, 0.29) is 24.1 Å². The molecule has 0 fully saturated rings. The van der Waals surface area contributed by atoms with Crippen LogP contribution in [-0.2, 0) is 21.9 Å². The van der Waals surface area contributed by atoms with E-state index < -0.39 is 6.04 Å². The molecule has 2 aromatic carbocycles. The molecule has 0 aliphatic heterocycles. The van der Waals surface area contributed by atoms with Crippen LogP contribution in [0.25, 0.3) is 0 Å². The Bertz CT molecular complexity index is 846. The van der Waals surface area contributed by atoms with Gasteiger partial charge in [0, 0.05) is 33.9 Å². The Balaban J connectivity index is 2.09. The lowest BCUT2D eigenvalue weighted by Crippen LogP contribution is -2.48. The molecule has 0 aliphatic rings. The number of hydrogen-bond donors (Lipinski definition) is 1. The number of nitrogens with one attached hydrogen (secondary N) is 1. The van der Waals surface area contributed by atoms with Gasteiger partial charge in [0.05, 0.1) is 5.75 Å². The van der Waals surface area contributed by atoms with E-state index in [0.717, 1.165) is 11.1 Å². The monoisotopic (exact) mass is 472 g/mol. The van der Waals surface area contributed by atoms with Crippen molar-refractivity contribution in [2.45, 2.75) is 32.2 Å².